The van der Waals surface area contributed by atoms with E-state index < -0.39 is 0 Å². The zero-order chi connectivity index (χ0) is 14.7. The number of benzene rings is 1. The zero-order valence-electron chi connectivity index (χ0n) is 12.9. The smallest absolute Gasteiger partial charge is 0.122 e. The molecule has 0 amide bonds. The number of hydrogen-bond donors (Lipinski definition) is 1. The van der Waals surface area contributed by atoms with Crippen molar-refractivity contribution in [3.05, 3.63) is 28.8 Å². The van der Waals surface area contributed by atoms with Crippen molar-refractivity contribution in [2.75, 3.05) is 13.7 Å². The van der Waals surface area contributed by atoms with Gasteiger partial charge < -0.3 is 10.1 Å². The van der Waals surface area contributed by atoms with Gasteiger partial charge in [0.15, 0.2) is 0 Å². The summed E-state index contributed by atoms with van der Waals surface area (Å²) in [5.74, 6) is 0.908. The Balaban J connectivity index is 2.84. The number of hydrogen-bond acceptors (Lipinski definition) is 2. The molecule has 0 aliphatic rings. The van der Waals surface area contributed by atoms with Crippen LogP contribution in [0, 0.1) is 0 Å². The Labute approximate surface area is 122 Å². The van der Waals surface area contributed by atoms with Crippen LogP contribution in [-0.4, -0.2) is 19.2 Å². The summed E-state index contributed by atoms with van der Waals surface area (Å²) in [6.45, 7) is 12.0. The van der Waals surface area contributed by atoms with Crippen LogP contribution in [0.25, 0.3) is 0 Å². The highest BCUT2D eigenvalue weighted by Crippen LogP contribution is 2.35. The third kappa shape index (κ3) is 5.04. The minimum absolute atomic E-state index is 0.0223. The molecule has 0 radical (unpaired) electrons. The molecule has 3 heteroatoms. The van der Waals surface area contributed by atoms with Crippen molar-refractivity contribution in [3.63, 3.8) is 0 Å². The highest BCUT2D eigenvalue weighted by Gasteiger charge is 2.25. The van der Waals surface area contributed by atoms with E-state index in [4.69, 9.17) is 16.3 Å². The standard InChI is InChI=1S/C16H26ClNO/c1-15(2,3)18-10-9-16(4,5)13-11-12(17)7-8-14(13)19-6/h7-8,11,18H,9-10H2,1-6H3. The molecule has 0 aliphatic carbocycles. The predicted molar refractivity (Wildman–Crippen MR) is 83.4 cm³/mol. The quantitative estimate of drug-likeness (QED) is 0.864. The number of rotatable bonds is 5. The topological polar surface area (TPSA) is 21.3 Å². The van der Waals surface area contributed by atoms with Crippen molar-refractivity contribution in [1.82, 2.24) is 5.32 Å². The summed E-state index contributed by atoms with van der Waals surface area (Å²) < 4.78 is 5.45. The molecule has 0 aliphatic heterocycles. The first-order valence-electron chi connectivity index (χ1n) is 6.75. The lowest BCUT2D eigenvalue weighted by Gasteiger charge is -2.29. The Morgan fingerprint density at radius 2 is 1.79 bits per heavy atom. The van der Waals surface area contributed by atoms with Crippen LogP contribution in [0.2, 0.25) is 5.02 Å². The van der Waals surface area contributed by atoms with E-state index in [0.717, 1.165) is 23.7 Å². The average molecular weight is 284 g/mol. The molecule has 108 valence electrons. The second kappa shape index (κ2) is 6.15. The van der Waals surface area contributed by atoms with Gasteiger partial charge in [-0.1, -0.05) is 25.4 Å². The van der Waals surface area contributed by atoms with Crippen molar-refractivity contribution in [3.8, 4) is 5.75 Å². The van der Waals surface area contributed by atoms with Gasteiger partial charge in [-0.25, -0.2) is 0 Å². The summed E-state index contributed by atoms with van der Waals surface area (Å²) in [5, 5.41) is 4.28. The molecule has 0 aromatic heterocycles. The fourth-order valence-corrected chi connectivity index (χ4v) is 2.27. The van der Waals surface area contributed by atoms with Crippen LogP contribution < -0.4 is 10.1 Å². The summed E-state index contributed by atoms with van der Waals surface area (Å²) in [6.07, 6.45) is 1.03. The van der Waals surface area contributed by atoms with E-state index in [-0.39, 0.29) is 11.0 Å². The Morgan fingerprint density at radius 3 is 2.32 bits per heavy atom. The van der Waals surface area contributed by atoms with Gasteiger partial charge in [0.25, 0.3) is 0 Å². The fraction of sp³-hybridized carbons (Fsp3) is 0.625. The maximum absolute atomic E-state index is 6.12. The molecule has 0 saturated heterocycles. The van der Waals surface area contributed by atoms with Gasteiger partial charge in [-0.05, 0) is 57.4 Å². The molecule has 1 N–H and O–H groups in total. The summed E-state index contributed by atoms with van der Waals surface area (Å²) in [6, 6.07) is 5.82. The molecule has 0 saturated carbocycles. The monoisotopic (exact) mass is 283 g/mol. The van der Waals surface area contributed by atoms with E-state index in [1.54, 1.807) is 7.11 Å². The first kappa shape index (κ1) is 16.3. The van der Waals surface area contributed by atoms with Gasteiger partial charge in [0.05, 0.1) is 7.11 Å². The van der Waals surface area contributed by atoms with Crippen LogP contribution in [0.1, 0.15) is 46.6 Å². The SMILES string of the molecule is COc1ccc(Cl)cc1C(C)(C)CCNC(C)(C)C. The van der Waals surface area contributed by atoms with Gasteiger partial charge in [0.1, 0.15) is 5.75 Å². The van der Waals surface area contributed by atoms with Crippen LogP contribution in [0.3, 0.4) is 0 Å². The molecule has 0 fully saturated rings. The summed E-state index contributed by atoms with van der Waals surface area (Å²) in [7, 11) is 1.70. The first-order valence-corrected chi connectivity index (χ1v) is 7.12. The van der Waals surface area contributed by atoms with Crippen LogP contribution >= 0.6 is 11.6 Å². The van der Waals surface area contributed by atoms with Crippen molar-refractivity contribution in [2.45, 2.75) is 52.0 Å². The van der Waals surface area contributed by atoms with Gasteiger partial charge >= 0.3 is 0 Å². The van der Waals surface area contributed by atoms with Gasteiger partial charge in [-0.3, -0.25) is 0 Å². The Hall–Kier alpha value is -0.730. The molecule has 1 aromatic rings. The van der Waals surface area contributed by atoms with Gasteiger partial charge in [0.2, 0.25) is 0 Å². The average Bonchev–Trinajstić information content (AvgIpc) is 2.27. The van der Waals surface area contributed by atoms with E-state index >= 15 is 0 Å². The molecule has 0 spiro atoms. The van der Waals surface area contributed by atoms with Crippen LogP contribution in [-0.2, 0) is 5.41 Å². The fourth-order valence-electron chi connectivity index (χ4n) is 2.09. The molecule has 0 atom stereocenters. The largest absolute Gasteiger partial charge is 0.496 e. The van der Waals surface area contributed by atoms with E-state index in [9.17, 15) is 0 Å². The number of nitrogens with one attached hydrogen (secondary N) is 1. The van der Waals surface area contributed by atoms with Gasteiger partial charge in [0, 0.05) is 16.1 Å². The number of ether oxygens (including phenoxy) is 1. The Kier molecular flexibility index (Phi) is 5.28. The van der Waals surface area contributed by atoms with Crippen molar-refractivity contribution in [1.29, 1.82) is 0 Å². The van der Waals surface area contributed by atoms with Crippen LogP contribution in [0.15, 0.2) is 18.2 Å². The maximum Gasteiger partial charge on any atom is 0.122 e. The molecular formula is C16H26ClNO. The maximum atomic E-state index is 6.12. The minimum atomic E-state index is 0.0223. The molecule has 19 heavy (non-hydrogen) atoms. The molecule has 2 nitrogen and oxygen atoms in total. The molecule has 1 rings (SSSR count). The normalized spacial score (nSPS) is 12.6. The second-order valence-corrected chi connectivity index (χ2v) is 7.09. The van der Waals surface area contributed by atoms with Crippen LogP contribution in [0.5, 0.6) is 5.75 Å². The second-order valence-electron chi connectivity index (χ2n) is 6.66. The Bertz CT molecular complexity index is 421. The predicted octanol–water partition coefficient (Wildman–Crippen LogP) is 4.40. The van der Waals surface area contributed by atoms with Gasteiger partial charge in [-0.15, -0.1) is 0 Å². The number of methoxy groups -OCH3 is 1. The number of halogens is 1. The first-order chi connectivity index (χ1) is 8.65. The van der Waals surface area contributed by atoms with Crippen LogP contribution in [0.4, 0.5) is 0 Å². The molecule has 1 aromatic carbocycles. The zero-order valence-corrected chi connectivity index (χ0v) is 13.7. The molecule has 0 unspecified atom stereocenters. The molecular weight excluding hydrogens is 258 g/mol. The highest BCUT2D eigenvalue weighted by molar-refractivity contribution is 6.30. The van der Waals surface area contributed by atoms with E-state index in [1.807, 2.05) is 18.2 Å². The van der Waals surface area contributed by atoms with Crippen molar-refractivity contribution < 1.29 is 4.74 Å². The third-order valence-corrected chi connectivity index (χ3v) is 3.53. The third-order valence-electron chi connectivity index (χ3n) is 3.30. The van der Waals surface area contributed by atoms with E-state index in [1.165, 1.54) is 5.56 Å². The minimum Gasteiger partial charge on any atom is -0.496 e. The molecule has 0 heterocycles. The highest BCUT2D eigenvalue weighted by atomic mass is 35.5. The summed E-state index contributed by atoms with van der Waals surface area (Å²) in [5.41, 5.74) is 1.33. The lowest BCUT2D eigenvalue weighted by molar-refractivity contribution is 0.360. The summed E-state index contributed by atoms with van der Waals surface area (Å²) >= 11 is 6.12. The summed E-state index contributed by atoms with van der Waals surface area (Å²) in [4.78, 5) is 0. The van der Waals surface area contributed by atoms with E-state index in [0.29, 0.717) is 0 Å². The Morgan fingerprint density at radius 1 is 1.16 bits per heavy atom. The van der Waals surface area contributed by atoms with E-state index in [2.05, 4.69) is 39.9 Å². The lowest BCUT2D eigenvalue weighted by Crippen LogP contribution is -2.38. The van der Waals surface area contributed by atoms with Gasteiger partial charge in [-0.2, -0.15) is 0 Å². The van der Waals surface area contributed by atoms with Crippen molar-refractivity contribution in [2.24, 2.45) is 0 Å². The lowest BCUT2D eigenvalue weighted by atomic mass is 9.81. The van der Waals surface area contributed by atoms with Crippen molar-refractivity contribution >= 4 is 11.6 Å². The molecule has 0 bridgehead atoms.